The highest BCUT2D eigenvalue weighted by molar-refractivity contribution is 5.95. The number of ether oxygens (including phenoxy) is 4. The van der Waals surface area contributed by atoms with E-state index in [4.69, 9.17) is 9.47 Å². The minimum absolute atomic E-state index is 0.0472. The van der Waals surface area contributed by atoms with E-state index in [2.05, 4.69) is 9.47 Å². The van der Waals surface area contributed by atoms with Crippen LogP contribution in [0.15, 0.2) is 18.2 Å². The second kappa shape index (κ2) is 10.1. The minimum atomic E-state index is -3.05. The van der Waals surface area contributed by atoms with Gasteiger partial charge in [-0.1, -0.05) is 0 Å². The van der Waals surface area contributed by atoms with Gasteiger partial charge < -0.3 is 18.9 Å². The van der Waals surface area contributed by atoms with Crippen LogP contribution in [0.4, 0.5) is 13.6 Å². The number of halogens is 2. The maximum absolute atomic E-state index is 12.3. The lowest BCUT2D eigenvalue weighted by Crippen LogP contribution is -2.34. The van der Waals surface area contributed by atoms with Crippen molar-refractivity contribution in [2.75, 3.05) is 19.8 Å². The van der Waals surface area contributed by atoms with E-state index < -0.39 is 31.2 Å². The van der Waals surface area contributed by atoms with Crippen LogP contribution in [0.2, 0.25) is 0 Å². The van der Waals surface area contributed by atoms with Crippen molar-refractivity contribution in [1.82, 2.24) is 5.32 Å². The summed E-state index contributed by atoms with van der Waals surface area (Å²) in [5, 5.41) is 1.84. The molecule has 0 radical (unpaired) electrons. The number of rotatable bonds is 8. The van der Waals surface area contributed by atoms with Crippen LogP contribution in [0.1, 0.15) is 24.2 Å². The fourth-order valence-electron chi connectivity index (χ4n) is 1.63. The molecule has 1 N–H and O–H groups in total. The number of amides is 2. The first-order valence-electron chi connectivity index (χ1n) is 7.22. The second-order valence-electron chi connectivity index (χ2n) is 4.32. The highest BCUT2D eigenvalue weighted by atomic mass is 19.3. The summed E-state index contributed by atoms with van der Waals surface area (Å²) in [4.78, 5) is 34.3. The Morgan fingerprint density at radius 1 is 1.08 bits per heavy atom. The molecule has 0 saturated heterocycles. The van der Waals surface area contributed by atoms with Gasteiger partial charge in [-0.05, 0) is 32.0 Å². The third-order valence-corrected chi connectivity index (χ3v) is 2.55. The van der Waals surface area contributed by atoms with E-state index in [1.165, 1.54) is 6.07 Å². The lowest BCUT2D eigenvalue weighted by molar-refractivity contribution is -0.123. The van der Waals surface area contributed by atoms with Crippen molar-refractivity contribution in [2.24, 2.45) is 0 Å². The van der Waals surface area contributed by atoms with Gasteiger partial charge in [0.15, 0.2) is 18.1 Å². The Morgan fingerprint density at radius 3 is 2.40 bits per heavy atom. The van der Waals surface area contributed by atoms with Crippen molar-refractivity contribution < 1.29 is 42.1 Å². The molecule has 138 valence electrons. The van der Waals surface area contributed by atoms with Crippen molar-refractivity contribution in [2.45, 2.75) is 20.5 Å². The Labute approximate surface area is 142 Å². The van der Waals surface area contributed by atoms with Gasteiger partial charge in [-0.25, -0.2) is 9.59 Å². The van der Waals surface area contributed by atoms with Crippen molar-refractivity contribution in [3.05, 3.63) is 23.8 Å². The Bertz CT molecular complexity index is 622. The SMILES string of the molecule is CCOC(=O)NC(=O)COC(=O)c1ccc(OC(F)F)c(OCC)c1. The van der Waals surface area contributed by atoms with E-state index in [1.807, 2.05) is 5.32 Å². The Morgan fingerprint density at radius 2 is 1.80 bits per heavy atom. The zero-order valence-electron chi connectivity index (χ0n) is 13.5. The van der Waals surface area contributed by atoms with Gasteiger partial charge in [-0.3, -0.25) is 10.1 Å². The first kappa shape index (κ1) is 20.1. The Balaban J connectivity index is 2.70. The van der Waals surface area contributed by atoms with Gasteiger partial charge in [-0.2, -0.15) is 8.78 Å². The molecule has 0 atom stereocenters. The van der Waals surface area contributed by atoms with Gasteiger partial charge in [0.2, 0.25) is 0 Å². The predicted molar refractivity (Wildman–Crippen MR) is 79.7 cm³/mol. The van der Waals surface area contributed by atoms with Crippen LogP contribution >= 0.6 is 0 Å². The molecule has 0 aliphatic heterocycles. The van der Waals surface area contributed by atoms with Crippen molar-refractivity contribution in [3.8, 4) is 11.5 Å². The third kappa shape index (κ3) is 7.02. The van der Waals surface area contributed by atoms with Crippen molar-refractivity contribution in [1.29, 1.82) is 0 Å². The average molecular weight is 361 g/mol. The summed E-state index contributed by atoms with van der Waals surface area (Å²) in [6.45, 7) is -0.370. The molecule has 0 aromatic heterocycles. The molecule has 0 spiro atoms. The highest BCUT2D eigenvalue weighted by Crippen LogP contribution is 2.30. The molecule has 0 bridgehead atoms. The van der Waals surface area contributed by atoms with Gasteiger partial charge in [0, 0.05) is 0 Å². The zero-order valence-corrected chi connectivity index (χ0v) is 13.5. The molecule has 0 aliphatic rings. The molecule has 2 amide bonds. The Kier molecular flexibility index (Phi) is 8.10. The number of alkyl carbamates (subject to hydrolysis) is 1. The molecule has 10 heteroatoms. The number of alkyl halides is 2. The van der Waals surface area contributed by atoms with Gasteiger partial charge >= 0.3 is 18.7 Å². The summed E-state index contributed by atoms with van der Waals surface area (Å²) in [6, 6.07) is 3.44. The number of imide groups is 1. The van der Waals surface area contributed by atoms with Crippen LogP contribution in [0, 0.1) is 0 Å². The molecule has 0 heterocycles. The second-order valence-corrected chi connectivity index (χ2v) is 4.32. The summed E-state index contributed by atoms with van der Waals surface area (Å²) in [5.41, 5.74) is -0.0472. The summed E-state index contributed by atoms with van der Waals surface area (Å²) in [5.74, 6) is -2.11. The van der Waals surface area contributed by atoms with E-state index in [9.17, 15) is 23.2 Å². The van der Waals surface area contributed by atoms with Crippen LogP contribution in [-0.2, 0) is 14.3 Å². The lowest BCUT2D eigenvalue weighted by atomic mass is 10.2. The maximum atomic E-state index is 12.3. The van der Waals surface area contributed by atoms with Crippen LogP contribution < -0.4 is 14.8 Å². The van der Waals surface area contributed by atoms with Gasteiger partial charge in [0.1, 0.15) is 0 Å². The molecule has 0 saturated carbocycles. The molecular weight excluding hydrogens is 344 g/mol. The number of carbonyl (C=O) groups excluding carboxylic acids is 3. The fraction of sp³-hybridized carbons (Fsp3) is 0.400. The number of hydrogen-bond donors (Lipinski definition) is 1. The predicted octanol–water partition coefficient (Wildman–Crippen LogP) is 2.12. The molecule has 8 nitrogen and oxygen atoms in total. The number of benzene rings is 1. The Hall–Kier alpha value is -2.91. The first-order chi connectivity index (χ1) is 11.9. The standard InChI is InChI=1S/C15H17F2NO7/c1-3-22-11-7-9(5-6-10(11)25-14(16)17)13(20)24-8-12(19)18-15(21)23-4-2/h5-7,14H,3-4,8H2,1-2H3,(H,18,19,21). The lowest BCUT2D eigenvalue weighted by Gasteiger charge is -2.12. The summed E-state index contributed by atoms with van der Waals surface area (Å²) >= 11 is 0. The van der Waals surface area contributed by atoms with Crippen molar-refractivity contribution in [3.63, 3.8) is 0 Å². The largest absolute Gasteiger partial charge is 0.490 e. The smallest absolute Gasteiger partial charge is 0.413 e. The van der Waals surface area contributed by atoms with E-state index in [-0.39, 0.29) is 30.3 Å². The highest BCUT2D eigenvalue weighted by Gasteiger charge is 2.17. The monoisotopic (exact) mass is 361 g/mol. The number of esters is 1. The van der Waals surface area contributed by atoms with Crippen LogP contribution in [0.25, 0.3) is 0 Å². The average Bonchev–Trinajstić information content (AvgIpc) is 2.54. The molecule has 1 aromatic carbocycles. The molecule has 0 fully saturated rings. The van der Waals surface area contributed by atoms with Crippen LogP contribution in [-0.4, -0.2) is 44.4 Å². The molecular formula is C15H17F2NO7. The topological polar surface area (TPSA) is 100 Å². The summed E-state index contributed by atoms with van der Waals surface area (Å²) in [7, 11) is 0. The van der Waals surface area contributed by atoms with Crippen molar-refractivity contribution >= 4 is 18.0 Å². The number of carbonyl (C=O) groups is 3. The number of nitrogens with one attached hydrogen (secondary N) is 1. The molecule has 1 rings (SSSR count). The van der Waals surface area contributed by atoms with E-state index >= 15 is 0 Å². The van der Waals surface area contributed by atoms with E-state index in [1.54, 1.807) is 13.8 Å². The quantitative estimate of drug-likeness (QED) is 0.708. The van der Waals surface area contributed by atoms with Crippen LogP contribution in [0.5, 0.6) is 11.5 Å². The molecule has 25 heavy (non-hydrogen) atoms. The summed E-state index contributed by atoms with van der Waals surface area (Å²) < 4.78 is 43.2. The third-order valence-electron chi connectivity index (χ3n) is 2.55. The van der Waals surface area contributed by atoms with Gasteiger partial charge in [0.25, 0.3) is 5.91 Å². The van der Waals surface area contributed by atoms with E-state index in [0.29, 0.717) is 0 Å². The minimum Gasteiger partial charge on any atom is -0.490 e. The number of hydrogen-bond acceptors (Lipinski definition) is 7. The first-order valence-corrected chi connectivity index (χ1v) is 7.22. The van der Waals surface area contributed by atoms with Gasteiger partial charge in [-0.15, -0.1) is 0 Å². The molecule has 0 unspecified atom stereocenters. The summed E-state index contributed by atoms with van der Waals surface area (Å²) in [6.07, 6.45) is -0.962. The molecule has 1 aromatic rings. The normalized spacial score (nSPS) is 10.1. The zero-order chi connectivity index (χ0) is 18.8. The van der Waals surface area contributed by atoms with E-state index in [0.717, 1.165) is 12.1 Å². The van der Waals surface area contributed by atoms with Gasteiger partial charge in [0.05, 0.1) is 18.8 Å². The fourth-order valence-corrected chi connectivity index (χ4v) is 1.63. The van der Waals surface area contributed by atoms with Crippen LogP contribution in [0.3, 0.4) is 0 Å². The molecule has 0 aliphatic carbocycles. The maximum Gasteiger partial charge on any atom is 0.413 e.